The number of nitrogens with one attached hydrogen (secondary N) is 2. The van der Waals surface area contributed by atoms with Crippen LogP contribution in [0, 0.1) is 22.7 Å². The Balaban J connectivity index is 1.54. The maximum atomic E-state index is 14.3. The van der Waals surface area contributed by atoms with Crippen LogP contribution in [0.2, 0.25) is 0 Å². The minimum absolute atomic E-state index is 0.0541. The van der Waals surface area contributed by atoms with Gasteiger partial charge in [0.2, 0.25) is 5.91 Å². The number of fused-ring (bicyclic) bond motifs is 6. The third-order valence-electron chi connectivity index (χ3n) is 10.8. The summed E-state index contributed by atoms with van der Waals surface area (Å²) in [7, 11) is 1.31. The van der Waals surface area contributed by atoms with Gasteiger partial charge in [0.05, 0.1) is 23.9 Å². The van der Waals surface area contributed by atoms with E-state index >= 15 is 0 Å². The van der Waals surface area contributed by atoms with Crippen molar-refractivity contribution in [2.45, 2.75) is 90.9 Å². The molecule has 1 unspecified atom stereocenters. The zero-order chi connectivity index (χ0) is 41.4. The molecule has 2 aromatic heterocycles. The van der Waals surface area contributed by atoms with E-state index < -0.39 is 58.9 Å². The van der Waals surface area contributed by atoms with Crippen molar-refractivity contribution in [3.8, 4) is 34.2 Å². The van der Waals surface area contributed by atoms with E-state index in [-0.39, 0.29) is 25.3 Å². The first-order valence-corrected chi connectivity index (χ1v) is 19.2. The van der Waals surface area contributed by atoms with E-state index in [0.717, 1.165) is 38.2 Å². The maximum Gasteiger partial charge on any atom is 0.407 e. The van der Waals surface area contributed by atoms with Crippen LogP contribution in [-0.2, 0) is 37.5 Å². The van der Waals surface area contributed by atoms with Gasteiger partial charge in [-0.3, -0.25) is 29.3 Å². The van der Waals surface area contributed by atoms with E-state index in [9.17, 15) is 34.7 Å². The van der Waals surface area contributed by atoms with Crippen molar-refractivity contribution >= 4 is 34.8 Å². The maximum absolute atomic E-state index is 14.3. The molecule has 300 valence electrons. The van der Waals surface area contributed by atoms with Gasteiger partial charge in [-0.05, 0) is 97.7 Å². The average molecular weight is 778 g/mol. The van der Waals surface area contributed by atoms with E-state index in [1.807, 2.05) is 68.7 Å². The third kappa shape index (κ3) is 8.44. The zero-order valence-corrected chi connectivity index (χ0v) is 33.5. The molecule has 4 N–H and O–H groups in total. The molecule has 2 aliphatic rings. The van der Waals surface area contributed by atoms with Crippen LogP contribution in [0.1, 0.15) is 65.5 Å². The second-order valence-electron chi connectivity index (χ2n) is 16.8. The molecule has 57 heavy (non-hydrogen) atoms. The Hall–Kier alpha value is -5.94. The number of amides is 3. The Morgan fingerprint density at radius 1 is 1.09 bits per heavy atom. The number of carboxylic acid groups (broad SMARTS) is 1. The lowest BCUT2D eigenvalue weighted by Crippen LogP contribution is -2.62. The van der Waals surface area contributed by atoms with Crippen LogP contribution in [0.15, 0.2) is 60.9 Å². The van der Waals surface area contributed by atoms with Crippen LogP contribution in [-0.4, -0.2) is 91.9 Å². The second kappa shape index (κ2) is 15.9. The Kier molecular flexibility index (Phi) is 11.4. The summed E-state index contributed by atoms with van der Waals surface area (Å²) in [6, 6.07) is 14.1. The number of hydrazine groups is 1. The molecule has 6 bridgehead atoms. The molecule has 0 aliphatic carbocycles. The molecule has 0 radical (unpaired) electrons. The van der Waals surface area contributed by atoms with Crippen molar-refractivity contribution in [1.29, 1.82) is 5.26 Å². The highest BCUT2D eigenvalue weighted by atomic mass is 16.5. The lowest BCUT2D eigenvalue weighted by atomic mass is 9.84. The molecule has 2 aromatic carbocycles. The number of carbonyl (C=O) groups excluding carboxylic acids is 3. The summed E-state index contributed by atoms with van der Waals surface area (Å²) < 4.78 is 8.04. The number of aromatic hydroxyl groups is 1. The number of carbonyl (C=O) groups is 4. The van der Waals surface area contributed by atoms with Gasteiger partial charge >= 0.3 is 12.1 Å². The monoisotopic (exact) mass is 777 g/mol. The highest BCUT2D eigenvalue weighted by molar-refractivity contribution is 5.96. The van der Waals surface area contributed by atoms with Crippen molar-refractivity contribution in [1.82, 2.24) is 30.2 Å². The Bertz CT molecular complexity index is 2240. The molecule has 6 rings (SSSR count). The summed E-state index contributed by atoms with van der Waals surface area (Å²) in [6.07, 6.45) is 3.45. The van der Waals surface area contributed by atoms with Crippen molar-refractivity contribution in [2.75, 3.05) is 20.2 Å². The quantitative estimate of drug-likeness (QED) is 0.179. The van der Waals surface area contributed by atoms with Crippen LogP contribution in [0.5, 0.6) is 5.75 Å². The van der Waals surface area contributed by atoms with Crippen molar-refractivity contribution in [2.24, 2.45) is 11.3 Å². The van der Waals surface area contributed by atoms with Crippen LogP contribution in [0.25, 0.3) is 33.3 Å². The first-order chi connectivity index (χ1) is 26.9. The SMILES string of the molecule is CC(C)C(C(=O)N[C@H]1Cc2cc(O)cc(c2)-c2ccc3c(c2)c(c(-c2ccncc2)n3C(C)(C)C#N)CC(C)(C)COC(=O)[C@@H]2CCCN(N2)C1=O)N(C)C(=O)O. The van der Waals surface area contributed by atoms with Crippen LogP contribution in [0.3, 0.4) is 0 Å². The minimum atomic E-state index is -1.29. The summed E-state index contributed by atoms with van der Waals surface area (Å²) >= 11 is 0. The fourth-order valence-corrected chi connectivity index (χ4v) is 8.05. The fraction of sp³-hybridized carbons (Fsp3) is 0.442. The summed E-state index contributed by atoms with van der Waals surface area (Å²) in [6.45, 7) is 11.5. The normalized spacial score (nSPS) is 19.3. The third-order valence-corrected chi connectivity index (χ3v) is 10.8. The number of rotatable bonds is 6. The Morgan fingerprint density at radius 2 is 1.81 bits per heavy atom. The van der Waals surface area contributed by atoms with Crippen LogP contribution < -0.4 is 10.7 Å². The number of phenolic OH excluding ortho intramolecular Hbond substituents is 1. The molecule has 14 heteroatoms. The van der Waals surface area contributed by atoms with Crippen molar-refractivity contribution < 1.29 is 34.1 Å². The van der Waals surface area contributed by atoms with Gasteiger partial charge in [-0.2, -0.15) is 5.26 Å². The fourth-order valence-electron chi connectivity index (χ4n) is 8.05. The molecule has 4 aromatic rings. The van der Waals surface area contributed by atoms with Crippen molar-refractivity contribution in [3.05, 3.63) is 72.1 Å². The molecular formula is C43H51N7O7. The molecule has 1 saturated heterocycles. The molecular weight excluding hydrogens is 727 g/mol. The number of phenols is 1. The summed E-state index contributed by atoms with van der Waals surface area (Å²) in [5, 5.41) is 36.4. The number of cyclic esters (lactones) is 1. The van der Waals surface area contributed by atoms with Gasteiger partial charge in [-0.1, -0.05) is 39.8 Å². The molecule has 14 nitrogen and oxygen atoms in total. The standard InChI is InChI=1S/C43H51N7O7/c1-25(2)36(48(7)41(55)56)38(52)46-34-19-26-17-29(20-30(51)18-26)28-10-11-35-31(21-28)32(37(27-12-14-45-15-13-27)50(35)43(5,6)23-44)22-42(3,4)24-57-40(54)33-9-8-16-49(47-33)39(34)53/h10-15,17-18,20-21,25,33-34,36,47,51H,8-9,16,19,22,24H2,1-7H3,(H,46,52)(H,55,56)/t33-,34-,36?/m0/s1. The van der Waals surface area contributed by atoms with Crippen LogP contribution in [0.4, 0.5) is 4.79 Å². The van der Waals surface area contributed by atoms with E-state index in [4.69, 9.17) is 4.74 Å². The topological polar surface area (TPSA) is 190 Å². The number of nitriles is 1. The summed E-state index contributed by atoms with van der Waals surface area (Å²) in [5.74, 6) is -2.17. The highest BCUT2D eigenvalue weighted by Crippen LogP contribution is 2.43. The molecule has 3 amide bonds. The van der Waals surface area contributed by atoms with E-state index in [1.54, 1.807) is 32.3 Å². The number of nitrogens with zero attached hydrogens (tertiary/aromatic N) is 5. The molecule has 2 aliphatic heterocycles. The van der Waals surface area contributed by atoms with Gasteiger partial charge in [0.25, 0.3) is 5.91 Å². The number of esters is 1. The number of ether oxygens (including phenoxy) is 1. The summed E-state index contributed by atoms with van der Waals surface area (Å²) in [5.41, 5.74) is 6.91. The van der Waals surface area contributed by atoms with Gasteiger partial charge in [0.15, 0.2) is 0 Å². The molecule has 0 saturated carbocycles. The lowest BCUT2D eigenvalue weighted by Gasteiger charge is -2.36. The first-order valence-electron chi connectivity index (χ1n) is 19.2. The number of hydrogen-bond acceptors (Lipinski definition) is 9. The largest absolute Gasteiger partial charge is 0.508 e. The highest BCUT2D eigenvalue weighted by Gasteiger charge is 2.38. The van der Waals surface area contributed by atoms with Crippen molar-refractivity contribution in [3.63, 3.8) is 0 Å². The van der Waals surface area contributed by atoms with E-state index in [0.29, 0.717) is 30.4 Å². The van der Waals surface area contributed by atoms with Gasteiger partial charge in [-0.25, -0.2) is 10.2 Å². The predicted octanol–water partition coefficient (Wildman–Crippen LogP) is 5.62. The lowest BCUT2D eigenvalue weighted by molar-refractivity contribution is -0.155. The van der Waals surface area contributed by atoms with E-state index in [1.165, 1.54) is 18.1 Å². The zero-order valence-electron chi connectivity index (χ0n) is 33.5. The molecule has 1 fully saturated rings. The number of benzene rings is 2. The number of pyridine rings is 1. The smallest absolute Gasteiger partial charge is 0.407 e. The first kappa shape index (κ1) is 40.7. The number of aromatic nitrogens is 2. The number of hydrogen-bond donors (Lipinski definition) is 4. The van der Waals surface area contributed by atoms with Gasteiger partial charge in [0.1, 0.15) is 29.4 Å². The Morgan fingerprint density at radius 3 is 2.47 bits per heavy atom. The minimum Gasteiger partial charge on any atom is -0.508 e. The second-order valence-corrected chi connectivity index (χ2v) is 16.8. The van der Waals surface area contributed by atoms with Crippen LogP contribution >= 0.6 is 0 Å². The number of likely N-dealkylation sites (N-methyl/N-ethyl adjacent to an activating group) is 1. The molecule has 3 atom stereocenters. The summed E-state index contributed by atoms with van der Waals surface area (Å²) in [4.78, 5) is 59.0. The molecule has 4 heterocycles. The van der Waals surface area contributed by atoms with E-state index in [2.05, 4.69) is 21.8 Å². The van der Waals surface area contributed by atoms with Gasteiger partial charge < -0.3 is 24.8 Å². The predicted molar refractivity (Wildman–Crippen MR) is 214 cm³/mol. The molecule has 0 spiro atoms. The Labute approximate surface area is 332 Å². The van der Waals surface area contributed by atoms with Gasteiger partial charge in [0, 0.05) is 48.8 Å². The van der Waals surface area contributed by atoms with Gasteiger partial charge in [-0.15, -0.1) is 0 Å². The average Bonchev–Trinajstić information content (AvgIpc) is 3.49.